The Hall–Kier alpha value is -2.28. The number of amides is 2. The molecule has 0 aliphatic heterocycles. The third kappa shape index (κ3) is 4.47. The molecule has 0 aliphatic rings. The van der Waals surface area contributed by atoms with Crippen LogP contribution in [0.4, 0.5) is 5.69 Å². The molecule has 104 valence electrons. The summed E-state index contributed by atoms with van der Waals surface area (Å²) in [5, 5.41) is 4.99. The molecule has 0 heterocycles. The van der Waals surface area contributed by atoms with Crippen molar-refractivity contribution in [2.45, 2.75) is 0 Å². The first-order chi connectivity index (χ1) is 9.10. The van der Waals surface area contributed by atoms with E-state index in [4.69, 9.17) is 15.2 Å². The smallest absolute Gasteiger partial charge is 0.243 e. The maximum Gasteiger partial charge on any atom is 0.243 e. The fourth-order valence-electron chi connectivity index (χ4n) is 1.36. The van der Waals surface area contributed by atoms with Gasteiger partial charge in [-0.15, -0.1) is 0 Å². The van der Waals surface area contributed by atoms with Crippen molar-refractivity contribution in [2.75, 3.05) is 32.6 Å². The molecular weight excluding hydrogens is 250 g/mol. The lowest BCUT2D eigenvalue weighted by Gasteiger charge is -2.12. The number of nitrogens with one attached hydrogen (secondary N) is 2. The summed E-state index contributed by atoms with van der Waals surface area (Å²) in [6.07, 6.45) is 0. The van der Waals surface area contributed by atoms with Crippen LogP contribution in [0.5, 0.6) is 11.5 Å². The molecule has 19 heavy (non-hydrogen) atoms. The van der Waals surface area contributed by atoms with Gasteiger partial charge in [0.15, 0.2) is 0 Å². The van der Waals surface area contributed by atoms with E-state index in [1.807, 2.05) is 0 Å². The molecule has 0 saturated heterocycles. The van der Waals surface area contributed by atoms with Crippen molar-refractivity contribution in [3.63, 3.8) is 0 Å². The molecule has 1 aromatic carbocycles. The maximum atomic E-state index is 11.6. The Morgan fingerprint density at radius 2 is 1.95 bits per heavy atom. The summed E-state index contributed by atoms with van der Waals surface area (Å²) in [6.45, 7) is -0.313. The van der Waals surface area contributed by atoms with Crippen LogP contribution in [-0.4, -0.2) is 39.1 Å². The lowest BCUT2D eigenvalue weighted by molar-refractivity contribution is -0.123. The van der Waals surface area contributed by atoms with Crippen LogP contribution < -0.4 is 25.8 Å². The molecule has 0 aliphatic carbocycles. The second-order valence-electron chi connectivity index (χ2n) is 3.60. The van der Waals surface area contributed by atoms with Crippen molar-refractivity contribution in [1.82, 2.24) is 5.32 Å². The van der Waals surface area contributed by atoms with E-state index in [1.54, 1.807) is 18.2 Å². The zero-order chi connectivity index (χ0) is 14.3. The summed E-state index contributed by atoms with van der Waals surface area (Å²) in [5.74, 6) is 0.308. The van der Waals surface area contributed by atoms with Crippen molar-refractivity contribution in [2.24, 2.45) is 5.73 Å². The minimum atomic E-state index is -0.396. The molecule has 0 bridgehead atoms. The van der Waals surface area contributed by atoms with Crippen molar-refractivity contribution in [3.05, 3.63) is 18.2 Å². The van der Waals surface area contributed by atoms with E-state index in [0.29, 0.717) is 17.2 Å². The number of ether oxygens (including phenoxy) is 2. The lowest BCUT2D eigenvalue weighted by atomic mass is 10.2. The first-order valence-electron chi connectivity index (χ1n) is 5.59. The quantitative estimate of drug-likeness (QED) is 0.657. The Morgan fingerprint density at radius 1 is 1.21 bits per heavy atom. The first kappa shape index (κ1) is 14.8. The number of rotatable bonds is 6. The van der Waals surface area contributed by atoms with Crippen molar-refractivity contribution in [3.8, 4) is 11.5 Å². The van der Waals surface area contributed by atoms with E-state index < -0.39 is 5.91 Å². The molecule has 7 heteroatoms. The monoisotopic (exact) mass is 267 g/mol. The average Bonchev–Trinajstić information content (AvgIpc) is 2.44. The van der Waals surface area contributed by atoms with Crippen molar-refractivity contribution < 1.29 is 19.1 Å². The van der Waals surface area contributed by atoms with E-state index >= 15 is 0 Å². The molecule has 0 unspecified atom stereocenters. The van der Waals surface area contributed by atoms with Gasteiger partial charge in [-0.3, -0.25) is 9.59 Å². The fraction of sp³-hybridized carbons (Fsp3) is 0.333. The van der Waals surface area contributed by atoms with Crippen molar-refractivity contribution in [1.29, 1.82) is 0 Å². The second kappa shape index (κ2) is 7.22. The third-order valence-corrected chi connectivity index (χ3v) is 2.31. The number of benzene rings is 1. The first-order valence-corrected chi connectivity index (χ1v) is 5.59. The van der Waals surface area contributed by atoms with Gasteiger partial charge < -0.3 is 25.8 Å². The molecule has 1 aromatic rings. The summed E-state index contributed by atoms with van der Waals surface area (Å²) in [7, 11) is 3.02. The lowest BCUT2D eigenvalue weighted by Crippen LogP contribution is -2.36. The van der Waals surface area contributed by atoms with Gasteiger partial charge in [0, 0.05) is 6.07 Å². The number of carbonyl (C=O) groups excluding carboxylic acids is 2. The molecular formula is C12H17N3O4. The van der Waals surface area contributed by atoms with Crippen LogP contribution in [0, 0.1) is 0 Å². The minimum absolute atomic E-state index is 0.156. The number of carbonyl (C=O) groups is 2. The average molecular weight is 267 g/mol. The van der Waals surface area contributed by atoms with Gasteiger partial charge in [0.05, 0.1) is 33.0 Å². The zero-order valence-electron chi connectivity index (χ0n) is 10.9. The molecule has 4 N–H and O–H groups in total. The van der Waals surface area contributed by atoms with Crippen molar-refractivity contribution >= 4 is 17.5 Å². The summed E-state index contributed by atoms with van der Waals surface area (Å²) in [6, 6.07) is 5.01. The molecule has 0 radical (unpaired) electrons. The van der Waals surface area contributed by atoms with Gasteiger partial charge in [-0.1, -0.05) is 0 Å². The van der Waals surface area contributed by atoms with E-state index in [0.717, 1.165) is 0 Å². The summed E-state index contributed by atoms with van der Waals surface area (Å²) >= 11 is 0. The largest absolute Gasteiger partial charge is 0.497 e. The summed E-state index contributed by atoms with van der Waals surface area (Å²) < 4.78 is 10.2. The fourth-order valence-corrected chi connectivity index (χ4v) is 1.36. The van der Waals surface area contributed by atoms with E-state index in [-0.39, 0.29) is 19.0 Å². The van der Waals surface area contributed by atoms with E-state index in [1.165, 1.54) is 14.2 Å². The second-order valence-corrected chi connectivity index (χ2v) is 3.60. The molecule has 7 nitrogen and oxygen atoms in total. The van der Waals surface area contributed by atoms with Gasteiger partial charge >= 0.3 is 0 Å². The van der Waals surface area contributed by atoms with Gasteiger partial charge in [0.25, 0.3) is 0 Å². The number of hydrogen-bond donors (Lipinski definition) is 3. The standard InChI is InChI=1S/C12H17N3O4/c1-18-8-3-4-10(19-2)9(5-8)15-12(17)7-14-11(16)6-13/h3-5H,6-7,13H2,1-2H3,(H,14,16)(H,15,17). The minimum Gasteiger partial charge on any atom is -0.497 e. The Balaban J connectivity index is 2.69. The van der Waals surface area contributed by atoms with Crippen LogP contribution in [0.15, 0.2) is 18.2 Å². The van der Waals surface area contributed by atoms with Gasteiger partial charge in [-0.25, -0.2) is 0 Å². The highest BCUT2D eigenvalue weighted by atomic mass is 16.5. The van der Waals surface area contributed by atoms with Gasteiger partial charge in [0.1, 0.15) is 11.5 Å². The Labute approximate surface area is 111 Å². The predicted molar refractivity (Wildman–Crippen MR) is 70.2 cm³/mol. The molecule has 2 amide bonds. The van der Waals surface area contributed by atoms with Crippen LogP contribution in [0.25, 0.3) is 0 Å². The number of hydrogen-bond acceptors (Lipinski definition) is 5. The van der Waals surface area contributed by atoms with Crippen LogP contribution in [0.1, 0.15) is 0 Å². The summed E-state index contributed by atoms with van der Waals surface area (Å²) in [5.41, 5.74) is 5.58. The zero-order valence-corrected chi connectivity index (χ0v) is 10.9. The highest BCUT2D eigenvalue weighted by Gasteiger charge is 2.09. The van der Waals surface area contributed by atoms with Crippen LogP contribution >= 0.6 is 0 Å². The molecule has 1 rings (SSSR count). The topological polar surface area (TPSA) is 103 Å². The van der Waals surface area contributed by atoms with Crippen LogP contribution in [0.3, 0.4) is 0 Å². The Bertz CT molecular complexity index is 462. The Morgan fingerprint density at radius 3 is 2.53 bits per heavy atom. The number of anilines is 1. The molecule has 0 atom stereocenters. The molecule has 0 aromatic heterocycles. The highest BCUT2D eigenvalue weighted by molar-refractivity contribution is 5.96. The highest BCUT2D eigenvalue weighted by Crippen LogP contribution is 2.28. The van der Waals surface area contributed by atoms with E-state index in [9.17, 15) is 9.59 Å². The van der Waals surface area contributed by atoms with Crippen LogP contribution in [0.2, 0.25) is 0 Å². The SMILES string of the molecule is COc1ccc(OC)c(NC(=O)CNC(=O)CN)c1. The molecule has 0 saturated carbocycles. The van der Waals surface area contributed by atoms with E-state index in [2.05, 4.69) is 10.6 Å². The van der Waals surface area contributed by atoms with Crippen LogP contribution in [-0.2, 0) is 9.59 Å². The molecule has 0 fully saturated rings. The molecule has 0 spiro atoms. The van der Waals surface area contributed by atoms with Gasteiger partial charge in [-0.2, -0.15) is 0 Å². The number of nitrogens with two attached hydrogens (primary N) is 1. The normalized spacial score (nSPS) is 9.63. The third-order valence-electron chi connectivity index (χ3n) is 2.31. The van der Waals surface area contributed by atoms with Gasteiger partial charge in [-0.05, 0) is 12.1 Å². The Kier molecular flexibility index (Phi) is 5.62. The predicted octanol–water partition coefficient (Wildman–Crippen LogP) is -0.283. The maximum absolute atomic E-state index is 11.6. The number of methoxy groups -OCH3 is 2. The summed E-state index contributed by atoms with van der Waals surface area (Å²) in [4.78, 5) is 22.6. The van der Waals surface area contributed by atoms with Gasteiger partial charge in [0.2, 0.25) is 11.8 Å².